The topological polar surface area (TPSA) is 59.3 Å². The molecule has 0 spiro atoms. The van der Waals surface area contributed by atoms with Crippen LogP contribution in [0.25, 0.3) is 0 Å². The first-order valence-corrected chi connectivity index (χ1v) is 6.21. The molecule has 4 nitrogen and oxygen atoms in total. The first kappa shape index (κ1) is 14.5. The van der Waals surface area contributed by atoms with E-state index in [0.29, 0.717) is 11.1 Å². The average Bonchev–Trinajstić information content (AvgIpc) is 2.52. The maximum Gasteiger partial charge on any atom is 0.344 e. The van der Waals surface area contributed by atoms with Crippen molar-refractivity contribution >= 4 is 5.97 Å². The van der Waals surface area contributed by atoms with E-state index in [1.807, 2.05) is 6.07 Å². The highest BCUT2D eigenvalue weighted by atomic mass is 19.1. The lowest BCUT2D eigenvalue weighted by Crippen LogP contribution is -2.15. The smallest absolute Gasteiger partial charge is 0.344 e. The fourth-order valence-electron chi connectivity index (χ4n) is 1.65. The summed E-state index contributed by atoms with van der Waals surface area (Å²) in [7, 11) is 0. The van der Waals surface area contributed by atoms with Crippen molar-refractivity contribution in [1.29, 1.82) is 5.26 Å². The fraction of sp³-hybridized carbons (Fsp3) is 0.125. The van der Waals surface area contributed by atoms with Crippen molar-refractivity contribution in [3.8, 4) is 11.8 Å². The van der Waals surface area contributed by atoms with Crippen LogP contribution in [0.15, 0.2) is 48.5 Å². The highest BCUT2D eigenvalue weighted by Crippen LogP contribution is 2.15. The van der Waals surface area contributed by atoms with Crippen LogP contribution in [0, 0.1) is 17.1 Å². The number of benzene rings is 2. The summed E-state index contributed by atoms with van der Waals surface area (Å²) < 4.78 is 23.3. The SMILES string of the molecule is N#Cc1ccccc1COC(=O)COc1ccccc1F. The van der Waals surface area contributed by atoms with E-state index in [2.05, 4.69) is 0 Å². The molecule has 0 heterocycles. The van der Waals surface area contributed by atoms with Gasteiger partial charge in [0.15, 0.2) is 18.2 Å². The van der Waals surface area contributed by atoms with Gasteiger partial charge in [-0.15, -0.1) is 0 Å². The molecule has 2 aromatic rings. The van der Waals surface area contributed by atoms with E-state index in [9.17, 15) is 9.18 Å². The predicted octanol–water partition coefficient (Wildman–Crippen LogP) is 2.82. The average molecular weight is 285 g/mol. The van der Waals surface area contributed by atoms with Gasteiger partial charge in [0, 0.05) is 5.56 Å². The Labute approximate surface area is 121 Å². The number of nitrogens with zero attached hydrogens (tertiary/aromatic N) is 1. The summed E-state index contributed by atoms with van der Waals surface area (Å²) in [6.45, 7) is -0.418. The third-order valence-electron chi connectivity index (χ3n) is 2.71. The molecule has 0 saturated carbocycles. The standard InChI is InChI=1S/C16H12FNO3/c17-14-7-3-4-8-15(14)20-11-16(19)21-10-13-6-2-1-5-12(13)9-18/h1-8H,10-11H2. The Morgan fingerprint density at radius 3 is 2.62 bits per heavy atom. The lowest BCUT2D eigenvalue weighted by molar-refractivity contribution is -0.147. The Hall–Kier alpha value is -2.87. The number of hydrogen-bond acceptors (Lipinski definition) is 4. The number of nitriles is 1. The van der Waals surface area contributed by atoms with Crippen LogP contribution in [0.3, 0.4) is 0 Å². The van der Waals surface area contributed by atoms with E-state index in [4.69, 9.17) is 14.7 Å². The summed E-state index contributed by atoms with van der Waals surface area (Å²) in [6.07, 6.45) is 0. The number of rotatable bonds is 5. The van der Waals surface area contributed by atoms with Crippen molar-refractivity contribution in [3.63, 3.8) is 0 Å². The molecular formula is C16H12FNO3. The van der Waals surface area contributed by atoms with E-state index < -0.39 is 18.4 Å². The van der Waals surface area contributed by atoms with E-state index in [1.165, 1.54) is 18.2 Å². The predicted molar refractivity (Wildman–Crippen MR) is 72.8 cm³/mol. The number of halogens is 1. The molecule has 106 valence electrons. The number of hydrogen-bond donors (Lipinski definition) is 0. The van der Waals surface area contributed by atoms with E-state index in [0.717, 1.165) is 0 Å². The summed E-state index contributed by atoms with van der Waals surface area (Å²) in [4.78, 5) is 11.5. The van der Waals surface area contributed by atoms with Crippen LogP contribution in [0.5, 0.6) is 5.75 Å². The number of carbonyl (C=O) groups is 1. The molecule has 0 bridgehead atoms. The second-order valence-corrected chi connectivity index (χ2v) is 4.15. The minimum absolute atomic E-state index is 0.00752. The maximum absolute atomic E-state index is 13.3. The lowest BCUT2D eigenvalue weighted by atomic mass is 10.1. The summed E-state index contributed by atoms with van der Waals surface area (Å²) in [6, 6.07) is 14.6. The van der Waals surface area contributed by atoms with Crippen molar-refractivity contribution in [3.05, 3.63) is 65.5 Å². The molecule has 0 radical (unpaired) electrons. The summed E-state index contributed by atoms with van der Waals surface area (Å²) in [5, 5.41) is 8.91. The molecule has 21 heavy (non-hydrogen) atoms. The molecule has 0 aliphatic carbocycles. The van der Waals surface area contributed by atoms with Gasteiger partial charge in [-0.25, -0.2) is 9.18 Å². The summed E-state index contributed by atoms with van der Waals surface area (Å²) in [5.41, 5.74) is 1.06. The van der Waals surface area contributed by atoms with Crippen molar-refractivity contribution in [2.45, 2.75) is 6.61 Å². The van der Waals surface area contributed by atoms with Gasteiger partial charge in [0.2, 0.25) is 0 Å². The number of ether oxygens (including phenoxy) is 2. The van der Waals surface area contributed by atoms with E-state index in [-0.39, 0.29) is 12.4 Å². The van der Waals surface area contributed by atoms with Gasteiger partial charge in [0.1, 0.15) is 6.61 Å². The molecule has 0 aliphatic heterocycles. The second kappa shape index (κ2) is 7.06. The zero-order valence-corrected chi connectivity index (χ0v) is 11.1. The summed E-state index contributed by atoms with van der Waals surface area (Å²) in [5.74, 6) is -1.18. The van der Waals surface area contributed by atoms with Crippen LogP contribution >= 0.6 is 0 Å². The van der Waals surface area contributed by atoms with Gasteiger partial charge >= 0.3 is 5.97 Å². The minimum atomic E-state index is -0.633. The van der Waals surface area contributed by atoms with Crippen molar-refractivity contribution in [2.75, 3.05) is 6.61 Å². The van der Waals surface area contributed by atoms with Crippen LogP contribution in [0.1, 0.15) is 11.1 Å². The van der Waals surface area contributed by atoms with Crippen LogP contribution in [0.2, 0.25) is 0 Å². The Bertz CT molecular complexity index is 679. The Morgan fingerprint density at radius 1 is 1.14 bits per heavy atom. The third kappa shape index (κ3) is 4.05. The van der Waals surface area contributed by atoms with Gasteiger partial charge in [-0.2, -0.15) is 5.26 Å². The van der Waals surface area contributed by atoms with Gasteiger partial charge in [-0.05, 0) is 18.2 Å². The van der Waals surface area contributed by atoms with Crippen LogP contribution < -0.4 is 4.74 Å². The van der Waals surface area contributed by atoms with Gasteiger partial charge in [0.25, 0.3) is 0 Å². The van der Waals surface area contributed by atoms with E-state index in [1.54, 1.807) is 30.3 Å². The largest absolute Gasteiger partial charge is 0.479 e. The number of esters is 1. The molecule has 5 heteroatoms. The van der Waals surface area contributed by atoms with Crippen LogP contribution in [-0.2, 0) is 16.1 Å². The van der Waals surface area contributed by atoms with Crippen molar-refractivity contribution in [1.82, 2.24) is 0 Å². The fourth-order valence-corrected chi connectivity index (χ4v) is 1.65. The Balaban J connectivity index is 1.86. The lowest BCUT2D eigenvalue weighted by Gasteiger charge is -2.08. The Morgan fingerprint density at radius 2 is 1.86 bits per heavy atom. The molecule has 0 saturated heterocycles. The molecule has 2 aromatic carbocycles. The Kier molecular flexibility index (Phi) is 4.89. The molecule has 0 aromatic heterocycles. The molecule has 0 N–H and O–H groups in total. The summed E-state index contributed by atoms with van der Waals surface area (Å²) >= 11 is 0. The molecule has 2 rings (SSSR count). The van der Waals surface area contributed by atoms with Gasteiger partial charge < -0.3 is 9.47 Å². The van der Waals surface area contributed by atoms with Crippen molar-refractivity contribution < 1.29 is 18.7 Å². The number of para-hydroxylation sites is 1. The minimum Gasteiger partial charge on any atom is -0.479 e. The maximum atomic E-state index is 13.3. The van der Waals surface area contributed by atoms with Crippen LogP contribution in [0.4, 0.5) is 4.39 Å². The molecule has 0 unspecified atom stereocenters. The van der Waals surface area contributed by atoms with Gasteiger partial charge in [-0.3, -0.25) is 0 Å². The molecule has 0 atom stereocenters. The zero-order chi connectivity index (χ0) is 15.1. The quantitative estimate of drug-likeness (QED) is 0.793. The third-order valence-corrected chi connectivity index (χ3v) is 2.71. The zero-order valence-electron chi connectivity index (χ0n) is 11.1. The van der Waals surface area contributed by atoms with Crippen LogP contribution in [-0.4, -0.2) is 12.6 Å². The van der Waals surface area contributed by atoms with Gasteiger partial charge in [-0.1, -0.05) is 30.3 Å². The second-order valence-electron chi connectivity index (χ2n) is 4.15. The highest BCUT2D eigenvalue weighted by molar-refractivity contribution is 5.71. The monoisotopic (exact) mass is 285 g/mol. The van der Waals surface area contributed by atoms with Crippen molar-refractivity contribution in [2.24, 2.45) is 0 Å². The van der Waals surface area contributed by atoms with Gasteiger partial charge in [0.05, 0.1) is 11.6 Å². The first-order valence-electron chi connectivity index (χ1n) is 6.21. The molecular weight excluding hydrogens is 273 g/mol. The highest BCUT2D eigenvalue weighted by Gasteiger charge is 2.09. The number of carbonyl (C=O) groups excluding carboxylic acids is 1. The first-order chi connectivity index (χ1) is 10.2. The molecule has 0 amide bonds. The van der Waals surface area contributed by atoms with E-state index >= 15 is 0 Å². The molecule has 0 aliphatic rings. The molecule has 0 fully saturated rings. The normalized spacial score (nSPS) is 9.71.